The molecule has 8 aromatic rings. The quantitative estimate of drug-likeness (QED) is 0.120. The van der Waals surface area contributed by atoms with Gasteiger partial charge in [-0.1, -0.05) is 72.1 Å². The predicted octanol–water partition coefficient (Wildman–Crippen LogP) is 9.82. The average Bonchev–Trinajstić information content (AvgIpc) is 3.43. The van der Waals surface area contributed by atoms with Crippen LogP contribution in [0, 0.1) is 0 Å². The molecule has 2 saturated heterocycles. The molecular formula is C58H54N8O5S2. The zero-order chi connectivity index (χ0) is 49.7. The van der Waals surface area contributed by atoms with Gasteiger partial charge in [0.25, 0.3) is 0 Å². The number of carbonyl (C=O) groups excluding carboxylic acids is 1. The minimum atomic E-state index is -0.106. The first-order chi connectivity index (χ1) is 35.8. The van der Waals surface area contributed by atoms with Crippen molar-refractivity contribution in [2.75, 3.05) is 72.6 Å². The fraction of sp³-hybridized carbons (Fsp3) is 0.224. The summed E-state index contributed by atoms with van der Waals surface area (Å²) in [5.41, 5.74) is 14.6. The van der Waals surface area contributed by atoms with Crippen molar-refractivity contribution >= 4 is 52.2 Å². The minimum Gasteiger partial charge on any atom is -0.381 e. The fourth-order valence-corrected chi connectivity index (χ4v) is 12.1. The van der Waals surface area contributed by atoms with Crippen molar-refractivity contribution < 1.29 is 14.3 Å². The largest absolute Gasteiger partial charge is 0.381 e. The number of aromatic nitrogens is 4. The van der Waals surface area contributed by atoms with Gasteiger partial charge in [-0.25, -0.2) is 0 Å². The van der Waals surface area contributed by atoms with Crippen LogP contribution in [-0.2, 0) is 40.2 Å². The van der Waals surface area contributed by atoms with E-state index in [9.17, 15) is 14.4 Å². The summed E-state index contributed by atoms with van der Waals surface area (Å²) in [6.07, 6.45) is 8.82. The highest BCUT2D eigenvalue weighted by Gasteiger charge is 2.25. The lowest BCUT2D eigenvalue weighted by Crippen LogP contribution is -2.36. The monoisotopic (exact) mass is 1010 g/mol. The number of rotatable bonds is 10. The number of nitrogens with zero attached hydrogens (tertiary/aromatic N) is 5. The number of carbonyl (C=O) groups is 1. The first-order valence-corrected chi connectivity index (χ1v) is 26.2. The maximum absolute atomic E-state index is 12.6. The van der Waals surface area contributed by atoms with Crippen molar-refractivity contribution in [2.45, 2.75) is 52.4 Å². The number of anilines is 4. The van der Waals surface area contributed by atoms with Crippen LogP contribution in [0.3, 0.4) is 0 Å². The summed E-state index contributed by atoms with van der Waals surface area (Å²) in [7, 11) is 0. The number of morpholine rings is 2. The first kappa shape index (κ1) is 47.9. The van der Waals surface area contributed by atoms with E-state index in [0.717, 1.165) is 112 Å². The Bertz CT molecular complexity index is 3410. The third-order valence-electron chi connectivity index (χ3n) is 13.4. The second kappa shape index (κ2) is 21.7. The van der Waals surface area contributed by atoms with Gasteiger partial charge in [-0.05, 0) is 107 Å². The molecule has 12 rings (SSSR count). The van der Waals surface area contributed by atoms with Crippen LogP contribution in [0.5, 0.6) is 0 Å². The van der Waals surface area contributed by atoms with Gasteiger partial charge in [0.05, 0.1) is 44.4 Å². The van der Waals surface area contributed by atoms with Gasteiger partial charge in [-0.15, -0.1) is 0 Å². The van der Waals surface area contributed by atoms with Crippen molar-refractivity contribution in [1.29, 1.82) is 0 Å². The molecule has 368 valence electrons. The van der Waals surface area contributed by atoms with Crippen molar-refractivity contribution in [3.63, 3.8) is 0 Å². The van der Waals surface area contributed by atoms with Gasteiger partial charge in [0, 0.05) is 130 Å². The first-order valence-electron chi connectivity index (χ1n) is 24.6. The number of benzene rings is 4. The topological polar surface area (TPSA) is 149 Å². The molecule has 4 aliphatic heterocycles. The van der Waals surface area contributed by atoms with Crippen LogP contribution >= 0.6 is 23.5 Å². The van der Waals surface area contributed by atoms with Crippen LogP contribution in [-0.4, -0.2) is 78.4 Å². The molecule has 0 saturated carbocycles. The molecule has 0 radical (unpaired) electrons. The summed E-state index contributed by atoms with van der Waals surface area (Å²) < 4.78 is 11.0. The molecule has 3 N–H and O–H groups in total. The highest BCUT2D eigenvalue weighted by atomic mass is 32.2. The van der Waals surface area contributed by atoms with E-state index < -0.39 is 0 Å². The third kappa shape index (κ3) is 11.0. The van der Waals surface area contributed by atoms with Crippen molar-refractivity contribution in [1.82, 2.24) is 19.9 Å². The zero-order valence-corrected chi connectivity index (χ0v) is 42.1. The summed E-state index contributed by atoms with van der Waals surface area (Å²) >= 11 is 3.50. The molecule has 1 amide bonds. The summed E-state index contributed by atoms with van der Waals surface area (Å²) in [5.74, 6) is -0.0101. The second-order valence-electron chi connectivity index (χ2n) is 18.4. The van der Waals surface area contributed by atoms with E-state index in [1.807, 2.05) is 36.5 Å². The van der Waals surface area contributed by atoms with Gasteiger partial charge < -0.3 is 39.5 Å². The zero-order valence-electron chi connectivity index (χ0n) is 40.4. The van der Waals surface area contributed by atoms with Crippen molar-refractivity contribution in [3.8, 4) is 22.5 Å². The molecule has 8 heterocycles. The number of H-pyrrole nitrogens is 2. The summed E-state index contributed by atoms with van der Waals surface area (Å²) in [6, 6.07) is 40.9. The van der Waals surface area contributed by atoms with E-state index in [4.69, 9.17) is 9.47 Å². The maximum atomic E-state index is 12.6. The molecule has 4 aromatic heterocycles. The molecular weight excluding hydrogens is 953 g/mol. The maximum Gasteiger partial charge on any atom is 0.250 e. The molecule has 0 spiro atoms. The Balaban J connectivity index is 0.000000158. The van der Waals surface area contributed by atoms with E-state index in [1.165, 1.54) is 32.0 Å². The number of fused-ring (bicyclic) bond motifs is 4. The van der Waals surface area contributed by atoms with Crippen LogP contribution in [0.1, 0.15) is 40.3 Å². The lowest BCUT2D eigenvalue weighted by molar-refractivity contribution is -0.116. The Morgan fingerprint density at radius 2 is 1.15 bits per heavy atom. The van der Waals surface area contributed by atoms with Gasteiger partial charge in [0.1, 0.15) is 0 Å². The molecule has 2 fully saturated rings. The van der Waals surface area contributed by atoms with E-state index in [0.29, 0.717) is 33.0 Å². The van der Waals surface area contributed by atoms with Gasteiger partial charge in [0.2, 0.25) is 17.0 Å². The van der Waals surface area contributed by atoms with Crippen molar-refractivity contribution in [2.24, 2.45) is 0 Å². The summed E-state index contributed by atoms with van der Waals surface area (Å²) in [5, 5.41) is 3.51. The Morgan fingerprint density at radius 1 is 0.616 bits per heavy atom. The third-order valence-corrected chi connectivity index (χ3v) is 16.1. The SMILES string of the molecule is CC(=O)N(Cc1cccnc1)c1ccc2c(c1)Cc1cccc(-c3cc(N4CCOCC4)cc(=O)[nH]3)c1S2.O=c1cc(N2CCOCC2)cc(-c2cccc3c2Sc2ccc(NCc4cccnc4)cc2C3)[nH]1. The van der Waals surface area contributed by atoms with Crippen molar-refractivity contribution in [3.05, 3.63) is 200 Å². The fourth-order valence-electron chi connectivity index (χ4n) is 9.76. The molecule has 0 aliphatic carbocycles. The predicted molar refractivity (Wildman–Crippen MR) is 290 cm³/mol. The normalized spacial score (nSPS) is 14.6. The van der Waals surface area contributed by atoms with Crippen LogP contribution in [0.25, 0.3) is 22.5 Å². The summed E-state index contributed by atoms with van der Waals surface area (Å²) in [4.78, 5) is 63.2. The van der Waals surface area contributed by atoms with E-state index in [2.05, 4.69) is 114 Å². The molecule has 4 aromatic carbocycles. The number of hydrogen-bond donors (Lipinski definition) is 3. The molecule has 0 atom stereocenters. The Labute approximate surface area is 432 Å². The van der Waals surface area contributed by atoms with Crippen LogP contribution < -0.4 is 31.1 Å². The Hall–Kier alpha value is -7.43. The summed E-state index contributed by atoms with van der Waals surface area (Å²) in [6.45, 7) is 8.68. The molecule has 13 nitrogen and oxygen atoms in total. The highest BCUT2D eigenvalue weighted by molar-refractivity contribution is 8.00. The number of ether oxygens (including phenoxy) is 2. The van der Waals surface area contributed by atoms with Crippen LogP contribution in [0.4, 0.5) is 22.7 Å². The molecule has 0 bridgehead atoms. The smallest absolute Gasteiger partial charge is 0.250 e. The van der Waals surface area contributed by atoms with E-state index in [1.54, 1.807) is 66.1 Å². The van der Waals surface area contributed by atoms with Gasteiger partial charge in [-0.3, -0.25) is 24.4 Å². The number of hydrogen-bond acceptors (Lipinski definition) is 12. The number of aromatic amines is 2. The lowest BCUT2D eigenvalue weighted by atomic mass is 9.99. The highest BCUT2D eigenvalue weighted by Crippen LogP contribution is 2.47. The average molecular weight is 1010 g/mol. The van der Waals surface area contributed by atoms with Gasteiger partial charge in [-0.2, -0.15) is 0 Å². The Morgan fingerprint density at radius 3 is 1.68 bits per heavy atom. The Kier molecular flexibility index (Phi) is 14.3. The van der Waals surface area contributed by atoms with Crippen LogP contribution in [0.2, 0.25) is 0 Å². The molecule has 0 unspecified atom stereocenters. The number of amides is 1. The van der Waals surface area contributed by atoms with Gasteiger partial charge in [0.15, 0.2) is 0 Å². The van der Waals surface area contributed by atoms with E-state index in [-0.39, 0.29) is 17.0 Å². The van der Waals surface area contributed by atoms with Gasteiger partial charge >= 0.3 is 0 Å². The van der Waals surface area contributed by atoms with E-state index >= 15 is 0 Å². The lowest BCUT2D eigenvalue weighted by Gasteiger charge is -2.29. The number of nitrogens with one attached hydrogen (secondary N) is 3. The molecule has 4 aliphatic rings. The minimum absolute atomic E-state index is 0.0101. The van der Waals surface area contributed by atoms with Crippen LogP contribution in [0.15, 0.2) is 175 Å². The molecule has 15 heteroatoms. The second-order valence-corrected chi connectivity index (χ2v) is 20.5. The number of pyridine rings is 4. The molecule has 73 heavy (non-hydrogen) atoms. The standard InChI is InChI=1S/C30H28N4O3S.C28H26N4O2S/c1-20(35)34(19-21-4-3-9-31-18-21)24-7-8-28-23(15-24)14-22-5-2-6-26(30(22)38-28)27-16-25(17-29(36)32-27)33-10-12-37-13-11-33;33-27-16-23(32-9-11-34-12-10-32)15-25(31-27)24-5-1-4-20-13-21-14-22(6-7-26(21)35-28(20)24)30-18-19-3-2-8-29-17-19/h2-9,15-18H,10-14,19H2,1H3,(H,32,36);1-8,14-17,30H,9-13,18H2,(H,31,33).